The molecule has 0 aromatic heterocycles. The zero-order valence-corrected chi connectivity index (χ0v) is 15.9. The Morgan fingerprint density at radius 1 is 0.500 bits per heavy atom. The molecule has 0 N–H and O–H groups in total. The van der Waals surface area contributed by atoms with Crippen molar-refractivity contribution in [1.29, 1.82) is 0 Å². The summed E-state index contributed by atoms with van der Waals surface area (Å²) >= 11 is 0. The molecule has 0 unspecified atom stereocenters. The lowest BCUT2D eigenvalue weighted by molar-refractivity contribution is 0.146. The van der Waals surface area contributed by atoms with Gasteiger partial charge in [0.25, 0.3) is 0 Å². The molecule has 0 radical (unpaired) electrons. The van der Waals surface area contributed by atoms with Gasteiger partial charge >= 0.3 is 0 Å². The minimum atomic E-state index is 0.772. The van der Waals surface area contributed by atoms with Crippen molar-refractivity contribution in [3.05, 3.63) is 0 Å². The van der Waals surface area contributed by atoms with Crippen molar-refractivity contribution in [2.75, 3.05) is 0 Å². The summed E-state index contributed by atoms with van der Waals surface area (Å²) in [5.74, 6) is 0. The van der Waals surface area contributed by atoms with Gasteiger partial charge < -0.3 is 0 Å². The molecule has 0 bridgehead atoms. The first-order chi connectivity index (χ1) is 10.8. The number of hydrogen-bond acceptors (Lipinski definition) is 0. The summed E-state index contributed by atoms with van der Waals surface area (Å²) in [6.45, 7) is 4.64. The molecular formula is C22H44. The minimum absolute atomic E-state index is 0.772. The maximum atomic E-state index is 2.33. The zero-order chi connectivity index (χ0) is 15.9. The van der Waals surface area contributed by atoms with Gasteiger partial charge in [-0.2, -0.15) is 0 Å². The topological polar surface area (TPSA) is 0 Å². The molecule has 132 valence electrons. The van der Waals surface area contributed by atoms with Crippen LogP contribution in [-0.4, -0.2) is 0 Å². The lowest BCUT2D eigenvalue weighted by atomic mass is 9.68. The molecule has 0 heterocycles. The average molecular weight is 309 g/mol. The van der Waals surface area contributed by atoms with Crippen LogP contribution < -0.4 is 0 Å². The summed E-state index contributed by atoms with van der Waals surface area (Å²) in [7, 11) is 0. The van der Waals surface area contributed by atoms with E-state index in [0.29, 0.717) is 0 Å². The monoisotopic (exact) mass is 308 g/mol. The fourth-order valence-electron chi connectivity index (χ4n) is 4.49. The van der Waals surface area contributed by atoms with Gasteiger partial charge in [-0.3, -0.25) is 0 Å². The summed E-state index contributed by atoms with van der Waals surface area (Å²) in [6.07, 6.45) is 28.3. The second kappa shape index (κ2) is 13.4. The molecule has 1 fully saturated rings. The zero-order valence-electron chi connectivity index (χ0n) is 15.9. The molecule has 0 saturated heterocycles. The fourth-order valence-corrected chi connectivity index (χ4v) is 4.49. The fraction of sp³-hybridized carbons (Fsp3) is 1.00. The number of hydrogen-bond donors (Lipinski definition) is 0. The molecule has 1 aliphatic rings. The molecule has 0 spiro atoms. The smallest absolute Gasteiger partial charge is 0.0297 e. The van der Waals surface area contributed by atoms with E-state index in [1.165, 1.54) is 96.3 Å². The normalized spacial score (nSPS) is 17.7. The van der Waals surface area contributed by atoms with E-state index in [2.05, 4.69) is 13.8 Å². The van der Waals surface area contributed by atoms with E-state index in [-0.39, 0.29) is 0 Å². The van der Waals surface area contributed by atoms with Gasteiger partial charge in [0, 0.05) is 0 Å². The molecular weight excluding hydrogens is 264 g/mol. The van der Waals surface area contributed by atoms with Crippen molar-refractivity contribution in [3.8, 4) is 0 Å². The summed E-state index contributed by atoms with van der Waals surface area (Å²) < 4.78 is 0. The lowest BCUT2D eigenvalue weighted by Gasteiger charge is -2.38. The van der Waals surface area contributed by atoms with Crippen LogP contribution >= 0.6 is 0 Å². The summed E-state index contributed by atoms with van der Waals surface area (Å²) in [5.41, 5.74) is 0.772. The Morgan fingerprint density at radius 2 is 0.909 bits per heavy atom. The van der Waals surface area contributed by atoms with Gasteiger partial charge in [-0.15, -0.1) is 0 Å². The van der Waals surface area contributed by atoms with E-state index < -0.39 is 0 Å². The first-order valence-electron chi connectivity index (χ1n) is 10.8. The Kier molecular flexibility index (Phi) is 12.2. The second-order valence-corrected chi connectivity index (χ2v) is 8.10. The molecule has 0 heteroatoms. The van der Waals surface area contributed by atoms with Crippen molar-refractivity contribution in [3.63, 3.8) is 0 Å². The predicted octanol–water partition coefficient (Wildman–Crippen LogP) is 8.44. The first-order valence-corrected chi connectivity index (χ1v) is 10.8. The SMILES string of the molecule is CCCCCCCCCCC1(CCCCCC)CCCCC1. The quantitative estimate of drug-likeness (QED) is 0.282. The molecule has 0 amide bonds. The largest absolute Gasteiger partial charge is 0.0654 e. The Labute approximate surface area is 141 Å². The Balaban J connectivity index is 2.12. The molecule has 0 aliphatic heterocycles. The maximum absolute atomic E-state index is 2.33. The van der Waals surface area contributed by atoms with Gasteiger partial charge in [0.05, 0.1) is 0 Å². The van der Waals surface area contributed by atoms with Crippen LogP contribution in [0.15, 0.2) is 0 Å². The van der Waals surface area contributed by atoms with Gasteiger partial charge in [-0.25, -0.2) is 0 Å². The summed E-state index contributed by atoms with van der Waals surface area (Å²) in [5, 5.41) is 0. The highest BCUT2D eigenvalue weighted by Crippen LogP contribution is 2.44. The van der Waals surface area contributed by atoms with E-state index >= 15 is 0 Å². The number of rotatable bonds is 14. The van der Waals surface area contributed by atoms with Crippen molar-refractivity contribution in [2.24, 2.45) is 5.41 Å². The Morgan fingerprint density at radius 3 is 1.41 bits per heavy atom. The van der Waals surface area contributed by atoms with E-state index in [1.807, 2.05) is 0 Å². The Bertz CT molecular complexity index is 224. The lowest BCUT2D eigenvalue weighted by Crippen LogP contribution is -2.24. The molecule has 0 atom stereocenters. The molecule has 0 nitrogen and oxygen atoms in total. The van der Waals surface area contributed by atoms with E-state index in [4.69, 9.17) is 0 Å². The van der Waals surface area contributed by atoms with Crippen LogP contribution in [0.3, 0.4) is 0 Å². The van der Waals surface area contributed by atoms with Gasteiger partial charge in [-0.1, -0.05) is 110 Å². The maximum Gasteiger partial charge on any atom is -0.0297 e. The van der Waals surface area contributed by atoms with E-state index in [1.54, 1.807) is 25.7 Å². The molecule has 1 aliphatic carbocycles. The van der Waals surface area contributed by atoms with Gasteiger partial charge in [-0.05, 0) is 31.1 Å². The third-order valence-corrected chi connectivity index (χ3v) is 6.04. The predicted molar refractivity (Wildman–Crippen MR) is 102 cm³/mol. The molecule has 1 saturated carbocycles. The van der Waals surface area contributed by atoms with Crippen molar-refractivity contribution >= 4 is 0 Å². The van der Waals surface area contributed by atoms with Gasteiger partial charge in [0.1, 0.15) is 0 Å². The Hall–Kier alpha value is 0. The molecule has 0 aromatic rings. The van der Waals surface area contributed by atoms with E-state index in [0.717, 1.165) is 5.41 Å². The third-order valence-electron chi connectivity index (χ3n) is 6.04. The minimum Gasteiger partial charge on any atom is -0.0654 e. The van der Waals surface area contributed by atoms with Crippen LogP contribution in [0.2, 0.25) is 0 Å². The van der Waals surface area contributed by atoms with Gasteiger partial charge in [0.2, 0.25) is 0 Å². The highest BCUT2D eigenvalue weighted by Gasteiger charge is 2.30. The van der Waals surface area contributed by atoms with Crippen LogP contribution in [0.4, 0.5) is 0 Å². The van der Waals surface area contributed by atoms with Crippen LogP contribution in [0, 0.1) is 5.41 Å². The van der Waals surface area contributed by atoms with Crippen molar-refractivity contribution < 1.29 is 0 Å². The highest BCUT2D eigenvalue weighted by molar-refractivity contribution is 4.82. The van der Waals surface area contributed by atoms with Crippen molar-refractivity contribution in [1.82, 2.24) is 0 Å². The standard InChI is InChI=1S/C22H44/c1-3-5-7-9-10-11-12-15-19-22(18-14-8-6-4-2)20-16-13-17-21-22/h3-21H2,1-2H3. The highest BCUT2D eigenvalue weighted by atomic mass is 14.4. The second-order valence-electron chi connectivity index (χ2n) is 8.10. The van der Waals surface area contributed by atoms with Crippen LogP contribution in [0.5, 0.6) is 0 Å². The summed E-state index contributed by atoms with van der Waals surface area (Å²) in [4.78, 5) is 0. The van der Waals surface area contributed by atoms with Crippen LogP contribution in [0.1, 0.15) is 136 Å². The van der Waals surface area contributed by atoms with Crippen LogP contribution in [-0.2, 0) is 0 Å². The molecule has 1 rings (SSSR count). The van der Waals surface area contributed by atoms with E-state index in [9.17, 15) is 0 Å². The van der Waals surface area contributed by atoms with Crippen molar-refractivity contribution in [2.45, 2.75) is 136 Å². The first kappa shape index (κ1) is 20.0. The van der Waals surface area contributed by atoms with Crippen LogP contribution in [0.25, 0.3) is 0 Å². The third kappa shape index (κ3) is 9.21. The average Bonchev–Trinajstić information content (AvgIpc) is 2.55. The van der Waals surface area contributed by atoms with Gasteiger partial charge in [0.15, 0.2) is 0 Å². The number of unbranched alkanes of at least 4 members (excludes halogenated alkanes) is 10. The summed E-state index contributed by atoms with van der Waals surface area (Å²) in [6, 6.07) is 0. The molecule has 0 aromatic carbocycles. The molecule has 22 heavy (non-hydrogen) atoms.